The third kappa shape index (κ3) is 3.33. The molecule has 160 valence electrons. The normalized spacial score (nSPS) is 20.2. The lowest BCUT2D eigenvalue weighted by Gasteiger charge is -2.50. The van der Waals surface area contributed by atoms with Crippen LogP contribution in [-0.4, -0.2) is 39.4 Å². The number of aromatic hydroxyl groups is 1. The lowest BCUT2D eigenvalue weighted by molar-refractivity contribution is 0.0865. The van der Waals surface area contributed by atoms with Crippen molar-refractivity contribution in [3.8, 4) is 17.0 Å². The van der Waals surface area contributed by atoms with E-state index in [9.17, 15) is 23.1 Å². The number of nitrogens with two attached hydrogens (primary N) is 1. The number of carbonyl (C=O) groups is 1. The van der Waals surface area contributed by atoms with Crippen LogP contribution in [0.1, 0.15) is 28.9 Å². The molecule has 0 bridgehead atoms. The first-order valence-electron chi connectivity index (χ1n) is 9.39. The van der Waals surface area contributed by atoms with Crippen LogP contribution >= 0.6 is 0 Å². The van der Waals surface area contributed by atoms with Crippen molar-refractivity contribution < 1.29 is 23.1 Å². The number of carbonyl (C=O) groups excluding carboxylic acids is 1. The fourth-order valence-electron chi connectivity index (χ4n) is 3.89. The molecule has 1 aliphatic carbocycles. The standard InChI is InChI=1S/C21H18F3N5O2/c1-29(21(9-11(22)10-21)19-14(24)3-2-8-26-19)16-7-6-15(27-28-16)17-13(23)5-4-12(18(17)30)20(25)31/h2-8,11,30H,9-10H2,1H3,(H2,25,31)/t11-,21-. The summed E-state index contributed by atoms with van der Waals surface area (Å²) in [6.07, 6.45) is 0.373. The largest absolute Gasteiger partial charge is 0.506 e. The summed E-state index contributed by atoms with van der Waals surface area (Å²) in [5, 5.41) is 18.2. The number of phenols is 1. The second-order valence-electron chi connectivity index (χ2n) is 7.39. The van der Waals surface area contributed by atoms with Gasteiger partial charge in [-0.25, -0.2) is 13.2 Å². The van der Waals surface area contributed by atoms with Crippen LogP contribution in [0.3, 0.4) is 0 Å². The molecule has 4 rings (SSSR count). The summed E-state index contributed by atoms with van der Waals surface area (Å²) >= 11 is 0. The highest BCUT2D eigenvalue weighted by Crippen LogP contribution is 2.48. The van der Waals surface area contributed by atoms with E-state index in [1.54, 1.807) is 11.9 Å². The van der Waals surface area contributed by atoms with Crippen LogP contribution in [-0.2, 0) is 5.54 Å². The first-order valence-corrected chi connectivity index (χ1v) is 9.39. The summed E-state index contributed by atoms with van der Waals surface area (Å²) < 4.78 is 42.6. The van der Waals surface area contributed by atoms with E-state index in [4.69, 9.17) is 5.73 Å². The number of aromatic nitrogens is 3. The van der Waals surface area contributed by atoms with Gasteiger partial charge in [0.05, 0.1) is 22.4 Å². The van der Waals surface area contributed by atoms with E-state index >= 15 is 0 Å². The zero-order valence-corrected chi connectivity index (χ0v) is 16.4. The maximum Gasteiger partial charge on any atom is 0.252 e. The monoisotopic (exact) mass is 429 g/mol. The predicted octanol–water partition coefficient (Wildman–Crippen LogP) is 3.08. The molecule has 0 aliphatic heterocycles. The summed E-state index contributed by atoms with van der Waals surface area (Å²) in [4.78, 5) is 17.1. The molecule has 0 radical (unpaired) electrons. The molecule has 1 fully saturated rings. The van der Waals surface area contributed by atoms with E-state index in [0.29, 0.717) is 0 Å². The summed E-state index contributed by atoms with van der Waals surface area (Å²) in [5.41, 5.74) is 3.64. The van der Waals surface area contributed by atoms with Crippen molar-refractivity contribution in [3.63, 3.8) is 0 Å². The van der Waals surface area contributed by atoms with Crippen LogP contribution < -0.4 is 10.6 Å². The number of rotatable bonds is 5. The van der Waals surface area contributed by atoms with Crippen molar-refractivity contribution in [1.82, 2.24) is 15.2 Å². The van der Waals surface area contributed by atoms with Crippen LogP contribution in [0.5, 0.6) is 5.75 Å². The van der Waals surface area contributed by atoms with Gasteiger partial charge in [-0.05, 0) is 36.4 Å². The molecule has 1 amide bonds. The van der Waals surface area contributed by atoms with Crippen LogP contribution in [0.2, 0.25) is 0 Å². The summed E-state index contributed by atoms with van der Waals surface area (Å²) in [5.74, 6) is -2.67. The number of benzene rings is 1. The van der Waals surface area contributed by atoms with Crippen LogP contribution in [0.25, 0.3) is 11.3 Å². The number of anilines is 1. The minimum absolute atomic E-state index is 0.0247. The van der Waals surface area contributed by atoms with Gasteiger partial charge in [0.15, 0.2) is 5.82 Å². The van der Waals surface area contributed by atoms with Gasteiger partial charge in [-0.15, -0.1) is 10.2 Å². The third-order valence-corrected chi connectivity index (χ3v) is 5.60. The van der Waals surface area contributed by atoms with Crippen LogP contribution in [0, 0.1) is 11.6 Å². The molecule has 31 heavy (non-hydrogen) atoms. The molecule has 3 aromatic rings. The lowest BCUT2D eigenvalue weighted by atomic mass is 9.71. The van der Waals surface area contributed by atoms with E-state index in [0.717, 1.165) is 12.1 Å². The number of amides is 1. The summed E-state index contributed by atoms with van der Waals surface area (Å²) in [6.45, 7) is 0. The smallest absolute Gasteiger partial charge is 0.252 e. The molecule has 1 aromatic carbocycles. The number of halogens is 3. The molecule has 3 N–H and O–H groups in total. The number of nitrogens with zero attached hydrogens (tertiary/aromatic N) is 4. The minimum atomic E-state index is -1.11. The minimum Gasteiger partial charge on any atom is -0.506 e. The fraction of sp³-hybridized carbons (Fsp3) is 0.238. The lowest BCUT2D eigenvalue weighted by Crippen LogP contribution is -2.56. The van der Waals surface area contributed by atoms with E-state index in [2.05, 4.69) is 15.2 Å². The van der Waals surface area contributed by atoms with Crippen LogP contribution in [0.4, 0.5) is 19.0 Å². The van der Waals surface area contributed by atoms with Crippen molar-refractivity contribution in [3.05, 3.63) is 65.5 Å². The molecule has 0 saturated heterocycles. The van der Waals surface area contributed by atoms with Gasteiger partial charge in [0.1, 0.15) is 29.2 Å². The first kappa shape index (κ1) is 20.6. The second-order valence-corrected chi connectivity index (χ2v) is 7.39. The highest BCUT2D eigenvalue weighted by molar-refractivity contribution is 5.98. The van der Waals surface area contributed by atoms with Crippen molar-refractivity contribution in [2.45, 2.75) is 24.6 Å². The van der Waals surface area contributed by atoms with Gasteiger partial charge < -0.3 is 15.7 Å². The molecular weight excluding hydrogens is 411 g/mol. The molecule has 7 nitrogen and oxygen atoms in total. The van der Waals surface area contributed by atoms with E-state index in [1.165, 1.54) is 30.5 Å². The van der Waals surface area contributed by atoms with Gasteiger partial charge in [0, 0.05) is 26.1 Å². The Morgan fingerprint density at radius 1 is 1.16 bits per heavy atom. The van der Waals surface area contributed by atoms with Crippen LogP contribution in [0.15, 0.2) is 42.6 Å². The molecule has 0 unspecified atom stereocenters. The second kappa shape index (κ2) is 7.53. The number of hydrogen-bond acceptors (Lipinski definition) is 6. The SMILES string of the molecule is CN(c1ccc(-c2c(F)ccc(C(N)=O)c2O)nn1)[C@]1(c2ncccc2F)C[C@@H](F)C1. The van der Waals surface area contributed by atoms with Crippen molar-refractivity contribution in [1.29, 1.82) is 0 Å². The maximum atomic E-state index is 14.4. The Morgan fingerprint density at radius 2 is 1.90 bits per heavy atom. The summed E-state index contributed by atoms with van der Waals surface area (Å²) in [6, 6.07) is 7.64. The maximum absolute atomic E-state index is 14.4. The Kier molecular flexibility index (Phi) is 5.00. The Hall–Kier alpha value is -3.69. The fourth-order valence-corrected chi connectivity index (χ4v) is 3.89. The third-order valence-electron chi connectivity index (χ3n) is 5.60. The number of primary amides is 1. The Balaban J connectivity index is 1.71. The van der Waals surface area contributed by atoms with Gasteiger partial charge in [0.2, 0.25) is 0 Å². The molecule has 1 aliphatic rings. The summed E-state index contributed by atoms with van der Waals surface area (Å²) in [7, 11) is 1.62. The average molecular weight is 429 g/mol. The first-order chi connectivity index (χ1) is 14.7. The highest BCUT2D eigenvalue weighted by atomic mass is 19.1. The number of hydrogen-bond donors (Lipinski definition) is 2. The number of pyridine rings is 1. The Bertz CT molecular complexity index is 1150. The highest BCUT2D eigenvalue weighted by Gasteiger charge is 2.52. The van der Waals surface area contributed by atoms with Gasteiger partial charge in [-0.3, -0.25) is 9.78 Å². The molecule has 2 aromatic heterocycles. The van der Waals surface area contributed by atoms with Gasteiger partial charge in [-0.2, -0.15) is 0 Å². The van der Waals surface area contributed by atoms with Crippen molar-refractivity contribution in [2.24, 2.45) is 5.73 Å². The average Bonchev–Trinajstić information content (AvgIpc) is 2.71. The molecular formula is C21H18F3N5O2. The quantitative estimate of drug-likeness (QED) is 0.646. The molecule has 1 saturated carbocycles. The Labute approximate surface area is 175 Å². The zero-order chi connectivity index (χ0) is 22.3. The molecule has 0 atom stereocenters. The van der Waals surface area contributed by atoms with Gasteiger partial charge in [0.25, 0.3) is 5.91 Å². The van der Waals surface area contributed by atoms with Gasteiger partial charge in [-0.1, -0.05) is 0 Å². The van der Waals surface area contributed by atoms with Crippen molar-refractivity contribution >= 4 is 11.7 Å². The topological polar surface area (TPSA) is 105 Å². The molecule has 10 heteroatoms. The van der Waals surface area contributed by atoms with Crippen molar-refractivity contribution in [2.75, 3.05) is 11.9 Å². The molecule has 0 spiro atoms. The van der Waals surface area contributed by atoms with Gasteiger partial charge >= 0.3 is 0 Å². The Morgan fingerprint density at radius 3 is 2.48 bits per heavy atom. The predicted molar refractivity (Wildman–Crippen MR) is 106 cm³/mol. The molecule has 2 heterocycles. The van der Waals surface area contributed by atoms with E-state index in [1.807, 2.05) is 0 Å². The zero-order valence-electron chi connectivity index (χ0n) is 16.4. The van der Waals surface area contributed by atoms with E-state index in [-0.39, 0.29) is 41.2 Å². The van der Waals surface area contributed by atoms with E-state index < -0.39 is 35.0 Å². The number of alkyl halides is 1.